The summed E-state index contributed by atoms with van der Waals surface area (Å²) in [5.74, 6) is 0.373. The van der Waals surface area contributed by atoms with E-state index in [4.69, 9.17) is 27.9 Å². The van der Waals surface area contributed by atoms with Crippen molar-refractivity contribution in [3.8, 4) is 5.75 Å². The molecule has 0 saturated carbocycles. The van der Waals surface area contributed by atoms with Crippen molar-refractivity contribution >= 4 is 58.3 Å². The molecule has 9 heteroatoms. The third kappa shape index (κ3) is 8.65. The van der Waals surface area contributed by atoms with Crippen LogP contribution in [0.2, 0.25) is 10.0 Å². The molecular weight excluding hydrogens is 577 g/mol. The van der Waals surface area contributed by atoms with Gasteiger partial charge in [-0.3, -0.25) is 9.59 Å². The summed E-state index contributed by atoms with van der Waals surface area (Å²) >= 11 is 14.0. The minimum Gasteiger partial charge on any atom is -0.492 e. The van der Waals surface area contributed by atoms with Gasteiger partial charge in [0.15, 0.2) is 11.1 Å². The summed E-state index contributed by atoms with van der Waals surface area (Å²) in [4.78, 5) is 27.8. The van der Waals surface area contributed by atoms with E-state index in [2.05, 4.69) is 64.1 Å². The SMILES string of the molecule is CCCCOc1ccc(C(C)(C)CC(C)(C)C)cc1SC1C(=O)N(c2cc(Cl)ccc2Cl)N=C1NC(=O)C(C)(C)C. The highest BCUT2D eigenvalue weighted by Crippen LogP contribution is 2.43. The largest absolute Gasteiger partial charge is 0.492 e. The zero-order valence-electron chi connectivity index (χ0n) is 25.7. The van der Waals surface area contributed by atoms with Crippen LogP contribution in [-0.4, -0.2) is 29.5 Å². The van der Waals surface area contributed by atoms with Crippen molar-refractivity contribution in [3.63, 3.8) is 0 Å². The lowest BCUT2D eigenvalue weighted by Gasteiger charge is -2.33. The molecule has 3 rings (SSSR count). The fraction of sp³-hybridized carbons (Fsp3) is 0.531. The molecule has 1 heterocycles. The number of amidine groups is 1. The van der Waals surface area contributed by atoms with Gasteiger partial charge in [-0.05, 0) is 59.6 Å². The van der Waals surface area contributed by atoms with E-state index in [9.17, 15) is 9.59 Å². The molecule has 0 aromatic heterocycles. The first-order chi connectivity index (χ1) is 18.9. The van der Waals surface area contributed by atoms with E-state index >= 15 is 0 Å². The number of ether oxygens (including phenoxy) is 1. The highest BCUT2D eigenvalue weighted by atomic mass is 35.5. The van der Waals surface area contributed by atoms with E-state index in [1.165, 1.54) is 16.8 Å². The standard InChI is InChI=1S/C32H43Cl2N3O3S/c1-10-11-16-40-24-15-12-20(32(8,9)19-30(2,3)4)17-25(24)41-26-27(35-29(39)31(5,6)7)36-37(28(26)38)23-18-21(33)13-14-22(23)34/h12-15,17-18,26H,10-11,16,19H2,1-9H3,(H,35,36,39). The second-order valence-electron chi connectivity index (χ2n) is 13.4. The Balaban J connectivity index is 2.07. The summed E-state index contributed by atoms with van der Waals surface area (Å²) in [6.07, 6.45) is 2.89. The maximum absolute atomic E-state index is 14.0. The molecule has 0 saturated heterocycles. The van der Waals surface area contributed by atoms with E-state index < -0.39 is 10.7 Å². The van der Waals surface area contributed by atoms with Gasteiger partial charge < -0.3 is 10.1 Å². The van der Waals surface area contributed by atoms with Crippen molar-refractivity contribution in [2.24, 2.45) is 15.9 Å². The van der Waals surface area contributed by atoms with Crippen LogP contribution in [0.4, 0.5) is 5.69 Å². The van der Waals surface area contributed by atoms with Gasteiger partial charge in [0.1, 0.15) is 5.75 Å². The van der Waals surface area contributed by atoms with E-state index in [0.717, 1.165) is 29.7 Å². The molecule has 0 radical (unpaired) electrons. The first-order valence-corrected chi connectivity index (χ1v) is 15.7. The molecule has 2 aromatic rings. The third-order valence-corrected chi connectivity index (χ3v) is 8.43. The zero-order valence-corrected chi connectivity index (χ0v) is 28.0. The van der Waals surface area contributed by atoms with Crippen LogP contribution >= 0.6 is 35.0 Å². The Morgan fingerprint density at radius 3 is 2.34 bits per heavy atom. The quantitative estimate of drug-likeness (QED) is 0.284. The highest BCUT2D eigenvalue weighted by Gasteiger charge is 2.41. The second kappa shape index (κ2) is 13.0. The maximum Gasteiger partial charge on any atom is 0.268 e. The number of hydrogen-bond donors (Lipinski definition) is 1. The van der Waals surface area contributed by atoms with Crippen LogP contribution in [0.15, 0.2) is 46.4 Å². The summed E-state index contributed by atoms with van der Waals surface area (Å²) in [7, 11) is 0. The molecule has 0 spiro atoms. The van der Waals surface area contributed by atoms with Crippen molar-refractivity contribution < 1.29 is 14.3 Å². The van der Waals surface area contributed by atoms with E-state index in [0.29, 0.717) is 28.1 Å². The molecule has 1 N–H and O–H groups in total. The Hall–Kier alpha value is -2.22. The average molecular weight is 621 g/mol. The normalized spacial score (nSPS) is 16.2. The first kappa shape index (κ1) is 33.3. The van der Waals surface area contributed by atoms with Crippen LogP contribution < -0.4 is 15.1 Å². The van der Waals surface area contributed by atoms with Gasteiger partial charge in [0, 0.05) is 10.4 Å². The summed E-state index contributed by atoms with van der Waals surface area (Å²) < 4.78 is 6.20. The number of hydrazone groups is 1. The van der Waals surface area contributed by atoms with Crippen LogP contribution in [0, 0.1) is 10.8 Å². The van der Waals surface area contributed by atoms with Crippen LogP contribution in [0.1, 0.15) is 87.1 Å². The minimum atomic E-state index is -0.828. The Morgan fingerprint density at radius 2 is 1.73 bits per heavy atom. The molecule has 0 aliphatic carbocycles. The molecule has 2 amide bonds. The molecule has 41 heavy (non-hydrogen) atoms. The van der Waals surface area contributed by atoms with E-state index in [1.54, 1.807) is 18.2 Å². The molecule has 1 aliphatic heterocycles. The number of anilines is 1. The van der Waals surface area contributed by atoms with Crippen LogP contribution in [0.5, 0.6) is 5.75 Å². The topological polar surface area (TPSA) is 71.0 Å². The van der Waals surface area contributed by atoms with Crippen LogP contribution in [-0.2, 0) is 15.0 Å². The minimum absolute atomic E-state index is 0.118. The number of thioether (sulfide) groups is 1. The molecule has 0 bridgehead atoms. The predicted octanol–water partition coefficient (Wildman–Crippen LogP) is 8.87. The number of halogens is 2. The van der Waals surface area contributed by atoms with Gasteiger partial charge in [-0.2, -0.15) is 5.01 Å². The number of rotatable bonds is 9. The van der Waals surface area contributed by atoms with Gasteiger partial charge in [-0.25, -0.2) is 0 Å². The molecule has 224 valence electrons. The van der Waals surface area contributed by atoms with Gasteiger partial charge in [0.05, 0.1) is 22.2 Å². The number of benzene rings is 2. The number of nitrogens with zero attached hydrogens (tertiary/aromatic N) is 2. The van der Waals surface area contributed by atoms with Crippen molar-refractivity contribution in [2.75, 3.05) is 11.6 Å². The molecule has 0 fully saturated rings. The summed E-state index contributed by atoms with van der Waals surface area (Å²) in [5.41, 5.74) is 0.826. The van der Waals surface area contributed by atoms with Crippen molar-refractivity contribution in [1.29, 1.82) is 0 Å². The van der Waals surface area contributed by atoms with Gasteiger partial charge in [-0.1, -0.05) is 98.0 Å². The first-order valence-electron chi connectivity index (χ1n) is 14.1. The maximum atomic E-state index is 14.0. The molecule has 1 unspecified atom stereocenters. The number of unbranched alkanes of at least 4 members (excludes halogenated alkanes) is 1. The van der Waals surface area contributed by atoms with Gasteiger partial charge in [-0.15, -0.1) is 16.9 Å². The predicted molar refractivity (Wildman–Crippen MR) is 173 cm³/mol. The highest BCUT2D eigenvalue weighted by molar-refractivity contribution is 8.01. The van der Waals surface area contributed by atoms with Crippen molar-refractivity contribution in [1.82, 2.24) is 5.32 Å². The van der Waals surface area contributed by atoms with E-state index in [-0.39, 0.29) is 28.5 Å². The summed E-state index contributed by atoms with van der Waals surface area (Å²) in [5, 5.41) is 8.62. The van der Waals surface area contributed by atoms with Crippen molar-refractivity contribution in [2.45, 2.75) is 97.1 Å². The molecular formula is C32H43Cl2N3O3S. The number of amides is 2. The lowest BCUT2D eigenvalue weighted by atomic mass is 9.72. The number of carbonyl (C=O) groups is 2. The molecule has 1 atom stereocenters. The molecule has 2 aromatic carbocycles. The fourth-order valence-electron chi connectivity index (χ4n) is 4.78. The average Bonchev–Trinajstić information content (AvgIpc) is 3.14. The molecule has 1 aliphatic rings. The third-order valence-electron chi connectivity index (χ3n) is 6.65. The Morgan fingerprint density at radius 1 is 1.05 bits per heavy atom. The lowest BCUT2D eigenvalue weighted by Crippen LogP contribution is -2.43. The zero-order chi connectivity index (χ0) is 30.8. The molecule has 6 nitrogen and oxygen atoms in total. The monoisotopic (exact) mass is 619 g/mol. The number of hydrogen-bond acceptors (Lipinski definition) is 5. The Labute approximate surface area is 259 Å². The Kier molecular flexibility index (Phi) is 10.5. The summed E-state index contributed by atoms with van der Waals surface area (Å²) in [6, 6.07) is 11.1. The fourth-order valence-corrected chi connectivity index (χ4v) is 6.25. The van der Waals surface area contributed by atoms with Crippen LogP contribution in [0.3, 0.4) is 0 Å². The lowest BCUT2D eigenvalue weighted by molar-refractivity contribution is -0.126. The van der Waals surface area contributed by atoms with Gasteiger partial charge in [0.25, 0.3) is 5.91 Å². The van der Waals surface area contributed by atoms with Gasteiger partial charge >= 0.3 is 0 Å². The van der Waals surface area contributed by atoms with Crippen molar-refractivity contribution in [3.05, 3.63) is 52.0 Å². The number of carbonyl (C=O) groups excluding carboxylic acids is 2. The Bertz CT molecular complexity index is 1310. The number of nitrogens with one attached hydrogen (secondary N) is 1. The smallest absolute Gasteiger partial charge is 0.268 e. The second-order valence-corrected chi connectivity index (χ2v) is 15.4. The van der Waals surface area contributed by atoms with Gasteiger partial charge in [0.2, 0.25) is 5.91 Å². The van der Waals surface area contributed by atoms with E-state index in [1.807, 2.05) is 26.8 Å². The van der Waals surface area contributed by atoms with Crippen LogP contribution in [0.25, 0.3) is 0 Å². The summed E-state index contributed by atoms with van der Waals surface area (Å²) in [6.45, 7) is 19.3.